The van der Waals surface area contributed by atoms with Crippen LogP contribution in [-0.2, 0) is 4.74 Å². The van der Waals surface area contributed by atoms with Crippen LogP contribution in [0.25, 0.3) is 0 Å². The van der Waals surface area contributed by atoms with Crippen molar-refractivity contribution < 1.29 is 30.0 Å². The van der Waals surface area contributed by atoms with Crippen LogP contribution in [0.15, 0.2) is 6.33 Å². The van der Waals surface area contributed by atoms with Crippen LogP contribution in [-0.4, -0.2) is 73.6 Å². The van der Waals surface area contributed by atoms with Crippen molar-refractivity contribution in [1.29, 1.82) is 0 Å². The van der Waals surface area contributed by atoms with E-state index >= 15 is 0 Å². The predicted octanol–water partition coefficient (Wildman–Crippen LogP) is -3.03. The highest BCUT2D eigenvalue weighted by atomic mass is 16.6. The summed E-state index contributed by atoms with van der Waals surface area (Å²) in [6.45, 7) is -0.391. The largest absolute Gasteiger partial charge is 0.394 e. The molecular weight excluding hydrogens is 284 g/mol. The van der Waals surface area contributed by atoms with Crippen LogP contribution in [0.2, 0.25) is 0 Å². The number of nitrogens with zero attached hydrogens (tertiary/aromatic N) is 2. The number of carbonyl (C=O) groups is 1. The second kappa shape index (κ2) is 5.24. The minimum Gasteiger partial charge on any atom is -0.394 e. The number of ether oxygens (including phenoxy) is 1. The molecule has 0 saturated carbocycles. The SMILES string of the molecule is O=C1N[C@@H](O)CNc2c1ncn2[C@@H]1O[C@H](CO)[C@@H](O)[C@H]1O. The molecule has 1 amide bonds. The van der Waals surface area contributed by atoms with E-state index in [4.69, 9.17) is 9.84 Å². The molecule has 0 radical (unpaired) electrons. The van der Waals surface area contributed by atoms with E-state index in [1.807, 2.05) is 0 Å². The Morgan fingerprint density at radius 2 is 2.14 bits per heavy atom. The van der Waals surface area contributed by atoms with E-state index in [1.165, 1.54) is 10.9 Å². The molecule has 6 N–H and O–H groups in total. The molecule has 0 unspecified atom stereocenters. The van der Waals surface area contributed by atoms with Gasteiger partial charge in [-0.1, -0.05) is 0 Å². The fourth-order valence-corrected chi connectivity index (χ4v) is 2.47. The minimum atomic E-state index is -1.28. The highest BCUT2D eigenvalue weighted by Gasteiger charge is 2.44. The number of imidazole rings is 1. The fourth-order valence-electron chi connectivity index (χ4n) is 2.47. The molecule has 1 saturated heterocycles. The third-order valence-corrected chi connectivity index (χ3v) is 3.56. The number of hydrogen-bond donors (Lipinski definition) is 6. The molecule has 116 valence electrons. The van der Waals surface area contributed by atoms with Gasteiger partial charge in [0, 0.05) is 0 Å². The summed E-state index contributed by atoms with van der Waals surface area (Å²) < 4.78 is 6.74. The third kappa shape index (κ3) is 2.26. The van der Waals surface area contributed by atoms with Crippen LogP contribution >= 0.6 is 0 Å². The van der Waals surface area contributed by atoms with Gasteiger partial charge < -0.3 is 35.8 Å². The van der Waals surface area contributed by atoms with Crippen molar-refractivity contribution in [3.63, 3.8) is 0 Å². The summed E-state index contributed by atoms with van der Waals surface area (Å²) in [6, 6.07) is 0. The van der Waals surface area contributed by atoms with Gasteiger partial charge in [-0.15, -0.1) is 0 Å². The smallest absolute Gasteiger partial charge is 0.275 e. The quantitative estimate of drug-likeness (QED) is 0.338. The van der Waals surface area contributed by atoms with Crippen LogP contribution in [0, 0.1) is 0 Å². The molecule has 2 aliphatic rings. The van der Waals surface area contributed by atoms with Crippen molar-refractivity contribution in [3.8, 4) is 0 Å². The number of nitrogens with one attached hydrogen (secondary N) is 2. The van der Waals surface area contributed by atoms with E-state index in [2.05, 4.69) is 15.6 Å². The molecule has 5 atom stereocenters. The first-order valence-electron chi connectivity index (χ1n) is 6.45. The first-order chi connectivity index (χ1) is 10.0. The molecule has 21 heavy (non-hydrogen) atoms. The Kier molecular flexibility index (Phi) is 3.55. The maximum Gasteiger partial charge on any atom is 0.275 e. The van der Waals surface area contributed by atoms with Crippen LogP contribution in [0.1, 0.15) is 16.7 Å². The second-order valence-corrected chi connectivity index (χ2v) is 4.95. The van der Waals surface area contributed by atoms with E-state index in [-0.39, 0.29) is 18.1 Å². The van der Waals surface area contributed by atoms with Crippen molar-refractivity contribution in [2.24, 2.45) is 0 Å². The molecule has 2 aliphatic heterocycles. The first-order valence-corrected chi connectivity index (χ1v) is 6.45. The normalized spacial score (nSPS) is 35.8. The number of anilines is 1. The van der Waals surface area contributed by atoms with Crippen molar-refractivity contribution in [2.75, 3.05) is 18.5 Å². The number of carbonyl (C=O) groups excluding carboxylic acids is 1. The Bertz CT molecular complexity index is 549. The Morgan fingerprint density at radius 3 is 2.81 bits per heavy atom. The number of hydrogen-bond acceptors (Lipinski definition) is 8. The van der Waals surface area contributed by atoms with Crippen LogP contribution in [0.3, 0.4) is 0 Å². The average Bonchev–Trinajstić information content (AvgIpc) is 2.95. The maximum absolute atomic E-state index is 11.8. The molecule has 0 aliphatic carbocycles. The molecule has 1 aromatic rings. The van der Waals surface area contributed by atoms with E-state index in [0.717, 1.165) is 0 Å². The van der Waals surface area contributed by atoms with E-state index in [0.29, 0.717) is 0 Å². The fraction of sp³-hybridized carbons (Fsp3) is 0.636. The van der Waals surface area contributed by atoms with E-state index < -0.39 is 43.3 Å². The first kappa shape index (κ1) is 14.2. The van der Waals surface area contributed by atoms with Crippen molar-refractivity contribution in [2.45, 2.75) is 30.8 Å². The maximum atomic E-state index is 11.8. The lowest BCUT2D eigenvalue weighted by atomic mass is 10.1. The third-order valence-electron chi connectivity index (χ3n) is 3.56. The molecule has 3 rings (SSSR count). The molecule has 10 heteroatoms. The molecule has 10 nitrogen and oxygen atoms in total. The van der Waals surface area contributed by atoms with Crippen LogP contribution in [0.5, 0.6) is 0 Å². The highest BCUT2D eigenvalue weighted by molar-refractivity contribution is 5.97. The summed E-state index contributed by atoms with van der Waals surface area (Å²) in [5.74, 6) is -0.299. The number of aliphatic hydroxyl groups excluding tert-OH is 4. The van der Waals surface area contributed by atoms with Crippen molar-refractivity contribution in [1.82, 2.24) is 14.9 Å². The Hall–Kier alpha value is -1.72. The molecule has 0 spiro atoms. The summed E-state index contributed by atoms with van der Waals surface area (Å²) in [5, 5.41) is 43.5. The number of rotatable bonds is 2. The van der Waals surface area contributed by atoms with E-state index in [9.17, 15) is 20.1 Å². The number of fused-ring (bicyclic) bond motifs is 1. The summed E-state index contributed by atoms with van der Waals surface area (Å²) in [6.07, 6.45) is -4.22. The molecule has 3 heterocycles. The lowest BCUT2D eigenvalue weighted by Crippen LogP contribution is -2.37. The summed E-state index contributed by atoms with van der Waals surface area (Å²) in [7, 11) is 0. The number of aliphatic hydroxyl groups is 4. The minimum absolute atomic E-state index is 0.0456. The molecule has 1 fully saturated rings. The van der Waals surface area contributed by atoms with Gasteiger partial charge in [0.2, 0.25) is 0 Å². The van der Waals surface area contributed by atoms with Gasteiger partial charge in [-0.05, 0) is 0 Å². The van der Waals surface area contributed by atoms with Gasteiger partial charge >= 0.3 is 0 Å². The second-order valence-electron chi connectivity index (χ2n) is 4.95. The topological polar surface area (TPSA) is 149 Å². The standard InChI is InChI=1S/C11H16N4O6/c16-2-4-7(18)8(19)11(21-4)15-3-13-6-9(15)12-1-5(17)14-10(6)20/h3-5,7-8,11-12,16-19H,1-2H2,(H,14,20)/t4-,5+,7-,8-,11-/m1/s1. The van der Waals surface area contributed by atoms with Crippen molar-refractivity contribution >= 4 is 11.7 Å². The average molecular weight is 300 g/mol. The van der Waals surface area contributed by atoms with Gasteiger partial charge in [-0.25, -0.2) is 4.98 Å². The van der Waals surface area contributed by atoms with Crippen molar-refractivity contribution in [3.05, 3.63) is 12.0 Å². The Balaban J connectivity index is 1.93. The Morgan fingerprint density at radius 1 is 1.38 bits per heavy atom. The number of β-amino-alcohol motifs (C(OH)–C–C–N with tert-alkyl or cyclic N) is 1. The zero-order valence-corrected chi connectivity index (χ0v) is 10.9. The summed E-state index contributed by atoms with van der Waals surface area (Å²) in [4.78, 5) is 15.8. The molecule has 1 aromatic heterocycles. The predicted molar refractivity (Wildman–Crippen MR) is 67.2 cm³/mol. The van der Waals surface area contributed by atoms with Crippen LogP contribution < -0.4 is 10.6 Å². The lowest BCUT2D eigenvalue weighted by molar-refractivity contribution is -0.0519. The lowest BCUT2D eigenvalue weighted by Gasteiger charge is -2.19. The Labute approximate surface area is 119 Å². The van der Waals surface area contributed by atoms with Gasteiger partial charge in [0.1, 0.15) is 30.4 Å². The van der Waals surface area contributed by atoms with Gasteiger partial charge in [0.25, 0.3) is 5.91 Å². The van der Waals surface area contributed by atoms with Crippen LogP contribution in [0.4, 0.5) is 5.82 Å². The number of amides is 1. The molecule has 0 aromatic carbocycles. The van der Waals surface area contributed by atoms with Gasteiger partial charge in [-0.3, -0.25) is 9.36 Å². The highest BCUT2D eigenvalue weighted by Crippen LogP contribution is 2.33. The summed E-state index contributed by atoms with van der Waals surface area (Å²) in [5.41, 5.74) is 0.0456. The number of aromatic nitrogens is 2. The van der Waals surface area contributed by atoms with Gasteiger partial charge in [-0.2, -0.15) is 0 Å². The molecule has 0 bridgehead atoms. The zero-order valence-electron chi connectivity index (χ0n) is 10.9. The molecular formula is C11H16N4O6. The summed E-state index contributed by atoms with van der Waals surface area (Å²) >= 11 is 0. The monoisotopic (exact) mass is 300 g/mol. The van der Waals surface area contributed by atoms with Gasteiger partial charge in [0.05, 0.1) is 19.5 Å². The zero-order chi connectivity index (χ0) is 15.1. The van der Waals surface area contributed by atoms with Gasteiger partial charge in [0.15, 0.2) is 11.9 Å². The van der Waals surface area contributed by atoms with E-state index in [1.54, 1.807) is 0 Å².